The summed E-state index contributed by atoms with van der Waals surface area (Å²) in [6.45, 7) is 3.98. The lowest BCUT2D eigenvalue weighted by Crippen LogP contribution is -2.13. The number of ether oxygens (including phenoxy) is 2. The minimum absolute atomic E-state index is 0.246. The number of nitrogens with zero attached hydrogens (tertiary/aromatic N) is 1. The largest absolute Gasteiger partial charge is 0.497 e. The molecule has 134 valence electrons. The molecule has 1 aromatic heterocycles. The normalized spacial score (nSPS) is 10.4. The number of carbonyl (C=O) groups excluding carboxylic acids is 1. The molecular formula is C20H20N2O4. The van der Waals surface area contributed by atoms with Crippen LogP contribution in [0.2, 0.25) is 0 Å². The van der Waals surface area contributed by atoms with Gasteiger partial charge >= 0.3 is 0 Å². The van der Waals surface area contributed by atoms with Gasteiger partial charge in [-0.1, -0.05) is 17.3 Å². The highest BCUT2D eigenvalue weighted by Gasteiger charge is 2.15. The topological polar surface area (TPSA) is 73.6 Å². The van der Waals surface area contributed by atoms with Crippen LogP contribution in [0, 0.1) is 13.8 Å². The lowest BCUT2D eigenvalue weighted by Gasteiger charge is -2.12. The number of nitrogens with one attached hydrogen (secondary N) is 1. The monoisotopic (exact) mass is 352 g/mol. The fourth-order valence-electron chi connectivity index (χ4n) is 2.51. The van der Waals surface area contributed by atoms with Gasteiger partial charge in [0.15, 0.2) is 0 Å². The number of methoxy groups -OCH3 is 1. The molecule has 0 spiro atoms. The zero-order chi connectivity index (χ0) is 18.5. The fraction of sp³-hybridized carbons (Fsp3) is 0.200. The van der Waals surface area contributed by atoms with Crippen molar-refractivity contribution >= 4 is 11.6 Å². The molecule has 1 amide bonds. The number of rotatable bonds is 6. The molecule has 1 heterocycles. The van der Waals surface area contributed by atoms with E-state index in [0.717, 1.165) is 17.0 Å². The third-order valence-corrected chi connectivity index (χ3v) is 4.03. The summed E-state index contributed by atoms with van der Waals surface area (Å²) in [7, 11) is 1.60. The number of anilines is 1. The Morgan fingerprint density at radius 1 is 1.12 bits per heavy atom. The van der Waals surface area contributed by atoms with Crippen molar-refractivity contribution in [3.8, 4) is 11.5 Å². The average Bonchev–Trinajstić information content (AvgIpc) is 2.98. The first-order valence-electron chi connectivity index (χ1n) is 8.17. The Morgan fingerprint density at radius 3 is 2.50 bits per heavy atom. The van der Waals surface area contributed by atoms with Crippen LogP contribution < -0.4 is 14.8 Å². The SMILES string of the molecule is COc1ccc(NC(=O)c2ccccc2OCc2c(C)noc2C)cc1. The Bertz CT molecular complexity index is 881. The summed E-state index contributed by atoms with van der Waals surface area (Å²) < 4.78 is 16.1. The van der Waals surface area contributed by atoms with Crippen LogP contribution in [-0.4, -0.2) is 18.2 Å². The summed E-state index contributed by atoms with van der Waals surface area (Å²) in [5.74, 6) is 1.69. The first kappa shape index (κ1) is 17.5. The summed E-state index contributed by atoms with van der Waals surface area (Å²) in [5, 5.41) is 6.77. The molecule has 0 aliphatic heterocycles. The second kappa shape index (κ2) is 7.74. The van der Waals surface area contributed by atoms with E-state index in [4.69, 9.17) is 14.0 Å². The molecule has 0 saturated carbocycles. The lowest BCUT2D eigenvalue weighted by molar-refractivity contribution is 0.102. The van der Waals surface area contributed by atoms with Gasteiger partial charge in [-0.05, 0) is 50.2 Å². The molecule has 3 rings (SSSR count). The van der Waals surface area contributed by atoms with Crippen molar-refractivity contribution in [2.24, 2.45) is 0 Å². The van der Waals surface area contributed by atoms with E-state index >= 15 is 0 Å². The second-order valence-electron chi connectivity index (χ2n) is 5.77. The number of hydrogen-bond acceptors (Lipinski definition) is 5. The maximum absolute atomic E-state index is 12.6. The summed E-state index contributed by atoms with van der Waals surface area (Å²) in [5.41, 5.74) is 2.80. The van der Waals surface area contributed by atoms with Gasteiger partial charge in [-0.15, -0.1) is 0 Å². The molecule has 6 heteroatoms. The lowest BCUT2D eigenvalue weighted by atomic mass is 10.1. The molecule has 0 saturated heterocycles. The van der Waals surface area contributed by atoms with E-state index in [0.29, 0.717) is 22.8 Å². The van der Waals surface area contributed by atoms with Crippen molar-refractivity contribution < 1.29 is 18.8 Å². The van der Waals surface area contributed by atoms with Gasteiger partial charge in [0, 0.05) is 5.69 Å². The molecule has 26 heavy (non-hydrogen) atoms. The van der Waals surface area contributed by atoms with Crippen LogP contribution in [0.15, 0.2) is 53.1 Å². The Hall–Kier alpha value is -3.28. The van der Waals surface area contributed by atoms with E-state index in [1.807, 2.05) is 19.9 Å². The first-order valence-corrected chi connectivity index (χ1v) is 8.17. The van der Waals surface area contributed by atoms with Gasteiger partial charge in [-0.2, -0.15) is 0 Å². The molecule has 0 unspecified atom stereocenters. The third kappa shape index (κ3) is 3.85. The molecule has 0 aliphatic carbocycles. The zero-order valence-corrected chi connectivity index (χ0v) is 14.9. The second-order valence-corrected chi connectivity index (χ2v) is 5.77. The standard InChI is InChI=1S/C20H20N2O4/c1-13-18(14(2)26-22-13)12-25-19-7-5-4-6-17(19)20(23)21-15-8-10-16(24-3)11-9-15/h4-11H,12H2,1-3H3,(H,21,23). The Balaban J connectivity index is 1.74. The van der Waals surface area contributed by atoms with E-state index < -0.39 is 0 Å². The maximum atomic E-state index is 12.6. The van der Waals surface area contributed by atoms with Crippen molar-refractivity contribution in [2.45, 2.75) is 20.5 Å². The van der Waals surface area contributed by atoms with Crippen molar-refractivity contribution in [3.05, 3.63) is 71.1 Å². The van der Waals surface area contributed by atoms with E-state index in [9.17, 15) is 4.79 Å². The van der Waals surface area contributed by atoms with Crippen LogP contribution in [0.4, 0.5) is 5.69 Å². The Morgan fingerprint density at radius 2 is 1.85 bits per heavy atom. The Kier molecular flexibility index (Phi) is 5.22. The number of para-hydroxylation sites is 1. The number of hydrogen-bond donors (Lipinski definition) is 1. The van der Waals surface area contributed by atoms with Crippen LogP contribution in [0.25, 0.3) is 0 Å². The molecule has 0 bridgehead atoms. The summed E-state index contributed by atoms with van der Waals surface area (Å²) in [6, 6.07) is 14.3. The number of aryl methyl sites for hydroxylation is 2. The van der Waals surface area contributed by atoms with Gasteiger partial charge in [-0.3, -0.25) is 4.79 Å². The maximum Gasteiger partial charge on any atom is 0.259 e. The quantitative estimate of drug-likeness (QED) is 0.722. The number of benzene rings is 2. The van der Waals surface area contributed by atoms with Gasteiger partial charge in [0.1, 0.15) is 23.9 Å². The molecule has 0 radical (unpaired) electrons. The van der Waals surface area contributed by atoms with Gasteiger partial charge < -0.3 is 19.3 Å². The molecular weight excluding hydrogens is 332 g/mol. The van der Waals surface area contributed by atoms with Crippen molar-refractivity contribution in [1.82, 2.24) is 5.16 Å². The van der Waals surface area contributed by atoms with Gasteiger partial charge in [0.2, 0.25) is 0 Å². The van der Waals surface area contributed by atoms with Crippen molar-refractivity contribution in [3.63, 3.8) is 0 Å². The van der Waals surface area contributed by atoms with E-state index in [-0.39, 0.29) is 12.5 Å². The molecule has 3 aromatic rings. The van der Waals surface area contributed by atoms with Gasteiger partial charge in [0.05, 0.1) is 23.9 Å². The van der Waals surface area contributed by atoms with Crippen LogP contribution in [0.1, 0.15) is 27.4 Å². The van der Waals surface area contributed by atoms with Crippen molar-refractivity contribution in [2.75, 3.05) is 12.4 Å². The van der Waals surface area contributed by atoms with Crippen LogP contribution in [-0.2, 0) is 6.61 Å². The smallest absolute Gasteiger partial charge is 0.259 e. The van der Waals surface area contributed by atoms with E-state index in [1.165, 1.54) is 0 Å². The molecule has 0 aliphatic rings. The van der Waals surface area contributed by atoms with Gasteiger partial charge in [0.25, 0.3) is 5.91 Å². The third-order valence-electron chi connectivity index (χ3n) is 4.03. The number of carbonyl (C=O) groups is 1. The summed E-state index contributed by atoms with van der Waals surface area (Å²) >= 11 is 0. The van der Waals surface area contributed by atoms with Crippen molar-refractivity contribution in [1.29, 1.82) is 0 Å². The highest BCUT2D eigenvalue weighted by molar-refractivity contribution is 6.06. The molecule has 6 nitrogen and oxygen atoms in total. The van der Waals surface area contributed by atoms with Crippen LogP contribution in [0.5, 0.6) is 11.5 Å². The zero-order valence-electron chi connectivity index (χ0n) is 14.9. The molecule has 2 aromatic carbocycles. The summed E-state index contributed by atoms with van der Waals surface area (Å²) in [6.07, 6.45) is 0. The highest BCUT2D eigenvalue weighted by Crippen LogP contribution is 2.23. The first-order chi connectivity index (χ1) is 12.6. The summed E-state index contributed by atoms with van der Waals surface area (Å²) in [4.78, 5) is 12.6. The minimum Gasteiger partial charge on any atom is -0.497 e. The average molecular weight is 352 g/mol. The minimum atomic E-state index is -0.246. The predicted octanol–water partition coefficient (Wildman–Crippen LogP) is 4.13. The van der Waals surface area contributed by atoms with E-state index in [2.05, 4.69) is 10.5 Å². The molecule has 1 N–H and O–H groups in total. The van der Waals surface area contributed by atoms with E-state index in [1.54, 1.807) is 49.6 Å². The highest BCUT2D eigenvalue weighted by atomic mass is 16.5. The number of aromatic nitrogens is 1. The molecule has 0 atom stereocenters. The molecule has 0 fully saturated rings. The number of amides is 1. The predicted molar refractivity (Wildman–Crippen MR) is 97.7 cm³/mol. The fourth-order valence-corrected chi connectivity index (χ4v) is 2.51. The van der Waals surface area contributed by atoms with Gasteiger partial charge in [-0.25, -0.2) is 0 Å². The van der Waals surface area contributed by atoms with Crippen LogP contribution in [0.3, 0.4) is 0 Å². The Labute approximate surface area is 151 Å². The van der Waals surface area contributed by atoms with Crippen LogP contribution >= 0.6 is 0 Å².